The van der Waals surface area contributed by atoms with Gasteiger partial charge in [-0.05, 0) is 11.1 Å². The van der Waals surface area contributed by atoms with E-state index in [4.69, 9.17) is 0 Å². The molecule has 8 heteroatoms. The van der Waals surface area contributed by atoms with E-state index in [0.29, 0.717) is 0 Å². The van der Waals surface area contributed by atoms with Crippen LogP contribution in [-0.2, 0) is 0 Å². The van der Waals surface area contributed by atoms with Crippen molar-refractivity contribution in [3.63, 3.8) is 0 Å². The molecule has 0 aliphatic heterocycles. The summed E-state index contributed by atoms with van der Waals surface area (Å²) in [6, 6.07) is 8.56. The fraction of sp³-hybridized carbons (Fsp3) is 0.100. The molecule has 4 aromatic heterocycles. The molecule has 0 saturated heterocycles. The monoisotopic (exact) mass is 370 g/mol. The van der Waals surface area contributed by atoms with Gasteiger partial charge in [-0.1, -0.05) is 24.3 Å². The summed E-state index contributed by atoms with van der Waals surface area (Å²) in [5, 5.41) is 0. The molecule has 5 rings (SSSR count). The third-order valence-electron chi connectivity index (χ3n) is 4.76. The van der Waals surface area contributed by atoms with Crippen LogP contribution in [0.4, 0.5) is 0 Å². The lowest BCUT2D eigenvalue weighted by molar-refractivity contribution is 0.494. The molecule has 0 radical (unpaired) electrons. The zero-order valence-electron chi connectivity index (χ0n) is 15.0. The lowest BCUT2D eigenvalue weighted by Gasteiger charge is -2.23. The van der Waals surface area contributed by atoms with Gasteiger partial charge in [0.25, 0.3) is 0 Å². The van der Waals surface area contributed by atoms with E-state index in [1.165, 1.54) is 0 Å². The molecule has 0 spiro atoms. The van der Waals surface area contributed by atoms with Crippen molar-refractivity contribution in [1.82, 2.24) is 38.2 Å². The van der Waals surface area contributed by atoms with E-state index in [9.17, 15) is 0 Å². The van der Waals surface area contributed by atoms with Gasteiger partial charge in [-0.15, -0.1) is 0 Å². The summed E-state index contributed by atoms with van der Waals surface area (Å²) in [4.78, 5) is 16.8. The highest BCUT2D eigenvalue weighted by molar-refractivity contribution is 5.29. The first-order chi connectivity index (χ1) is 13.9. The molecule has 0 N–H and O–H groups in total. The van der Waals surface area contributed by atoms with Crippen LogP contribution in [0.15, 0.2) is 99.1 Å². The van der Waals surface area contributed by atoms with Gasteiger partial charge < -0.3 is 18.3 Å². The Bertz CT molecular complexity index is 932. The molecule has 0 unspecified atom stereocenters. The van der Waals surface area contributed by atoms with Gasteiger partial charge in [0.15, 0.2) is 0 Å². The average molecular weight is 370 g/mol. The van der Waals surface area contributed by atoms with Gasteiger partial charge in [-0.25, -0.2) is 19.9 Å². The molecule has 28 heavy (non-hydrogen) atoms. The summed E-state index contributed by atoms with van der Waals surface area (Å²) in [5.41, 5.74) is 2.27. The molecule has 138 valence electrons. The molecule has 5 aromatic rings. The van der Waals surface area contributed by atoms with E-state index in [1.54, 1.807) is 24.8 Å². The third kappa shape index (κ3) is 2.90. The Labute approximate surface area is 161 Å². The standard InChI is InChI=1S/C20H18N8/c1-2-18(20(27-11-7-23-15-27)28-12-8-24-16-28)4-3-17(1)19(25-9-5-21-13-25)26-10-6-22-14-26/h1-16,19-20H. The zero-order chi connectivity index (χ0) is 18.8. The lowest BCUT2D eigenvalue weighted by atomic mass is 10.1. The first-order valence-corrected chi connectivity index (χ1v) is 8.90. The molecular weight excluding hydrogens is 352 g/mol. The number of rotatable bonds is 6. The predicted octanol–water partition coefficient (Wildman–Crippen LogP) is 2.66. The van der Waals surface area contributed by atoms with Crippen molar-refractivity contribution in [3.8, 4) is 0 Å². The SMILES string of the molecule is c1cn(C(c2ccc(C(n3ccnc3)n3ccnc3)cc2)n2ccnc2)cn1. The molecule has 1 aromatic carbocycles. The summed E-state index contributed by atoms with van der Waals surface area (Å²) in [5.74, 6) is 0. The van der Waals surface area contributed by atoms with E-state index >= 15 is 0 Å². The topological polar surface area (TPSA) is 71.3 Å². The smallest absolute Gasteiger partial charge is 0.137 e. The highest BCUT2D eigenvalue weighted by atomic mass is 15.2. The maximum Gasteiger partial charge on any atom is 0.137 e. The number of hydrogen-bond acceptors (Lipinski definition) is 4. The minimum Gasteiger partial charge on any atom is -0.312 e. The second-order valence-corrected chi connectivity index (χ2v) is 6.45. The van der Waals surface area contributed by atoms with Crippen LogP contribution in [0.2, 0.25) is 0 Å². The normalized spacial score (nSPS) is 11.5. The molecule has 4 heterocycles. The van der Waals surface area contributed by atoms with E-state index in [1.807, 2.05) is 50.1 Å². The molecule has 8 nitrogen and oxygen atoms in total. The first-order valence-electron chi connectivity index (χ1n) is 8.90. The fourth-order valence-corrected chi connectivity index (χ4v) is 3.49. The van der Waals surface area contributed by atoms with E-state index in [2.05, 4.69) is 62.5 Å². The molecular formula is C20H18N8. The Morgan fingerprint density at radius 1 is 0.464 bits per heavy atom. The highest BCUT2D eigenvalue weighted by Crippen LogP contribution is 2.25. The van der Waals surface area contributed by atoms with Crippen molar-refractivity contribution in [1.29, 1.82) is 0 Å². The summed E-state index contributed by atoms with van der Waals surface area (Å²) < 4.78 is 8.22. The predicted molar refractivity (Wildman–Crippen MR) is 102 cm³/mol. The lowest BCUT2D eigenvalue weighted by Crippen LogP contribution is -2.19. The molecule has 0 fully saturated rings. The molecule has 0 amide bonds. The largest absolute Gasteiger partial charge is 0.312 e. The number of hydrogen-bond donors (Lipinski definition) is 0. The Morgan fingerprint density at radius 3 is 0.964 bits per heavy atom. The van der Waals surface area contributed by atoms with E-state index in [-0.39, 0.29) is 12.3 Å². The minimum atomic E-state index is -0.0426. The van der Waals surface area contributed by atoms with Crippen LogP contribution in [0.3, 0.4) is 0 Å². The van der Waals surface area contributed by atoms with Gasteiger partial charge in [0.1, 0.15) is 12.3 Å². The Morgan fingerprint density at radius 2 is 0.750 bits per heavy atom. The van der Waals surface area contributed by atoms with Crippen LogP contribution < -0.4 is 0 Å². The quantitative estimate of drug-likeness (QED) is 0.461. The van der Waals surface area contributed by atoms with Crippen molar-refractivity contribution in [2.75, 3.05) is 0 Å². The van der Waals surface area contributed by atoms with Crippen molar-refractivity contribution in [2.45, 2.75) is 12.3 Å². The number of aromatic nitrogens is 8. The van der Waals surface area contributed by atoms with Crippen LogP contribution in [0.25, 0.3) is 0 Å². The third-order valence-corrected chi connectivity index (χ3v) is 4.76. The molecule has 0 aliphatic carbocycles. The summed E-state index contributed by atoms with van der Waals surface area (Å²) in [6.07, 6.45) is 22.1. The van der Waals surface area contributed by atoms with Crippen LogP contribution >= 0.6 is 0 Å². The number of benzene rings is 1. The van der Waals surface area contributed by atoms with Crippen molar-refractivity contribution < 1.29 is 0 Å². The van der Waals surface area contributed by atoms with Gasteiger partial charge in [-0.2, -0.15) is 0 Å². The average Bonchev–Trinajstić information content (AvgIpc) is 3.52. The summed E-state index contributed by atoms with van der Waals surface area (Å²) in [7, 11) is 0. The first kappa shape index (κ1) is 16.2. The van der Waals surface area contributed by atoms with Gasteiger partial charge in [0, 0.05) is 49.6 Å². The second-order valence-electron chi connectivity index (χ2n) is 6.45. The molecule has 0 saturated carbocycles. The number of nitrogens with zero attached hydrogens (tertiary/aromatic N) is 8. The summed E-state index contributed by atoms with van der Waals surface area (Å²) >= 11 is 0. The zero-order valence-corrected chi connectivity index (χ0v) is 15.0. The highest BCUT2D eigenvalue weighted by Gasteiger charge is 2.18. The van der Waals surface area contributed by atoms with Gasteiger partial charge >= 0.3 is 0 Å². The van der Waals surface area contributed by atoms with Gasteiger partial charge in [0.05, 0.1) is 25.3 Å². The van der Waals surface area contributed by atoms with Crippen molar-refractivity contribution in [3.05, 3.63) is 110 Å². The van der Waals surface area contributed by atoms with E-state index < -0.39 is 0 Å². The van der Waals surface area contributed by atoms with Crippen LogP contribution in [0, 0.1) is 0 Å². The van der Waals surface area contributed by atoms with Crippen LogP contribution in [-0.4, -0.2) is 38.2 Å². The van der Waals surface area contributed by atoms with Gasteiger partial charge in [-0.3, -0.25) is 0 Å². The van der Waals surface area contributed by atoms with Crippen molar-refractivity contribution >= 4 is 0 Å². The maximum absolute atomic E-state index is 4.20. The maximum atomic E-state index is 4.20. The van der Waals surface area contributed by atoms with Gasteiger partial charge in [0.2, 0.25) is 0 Å². The number of imidazole rings is 4. The fourth-order valence-electron chi connectivity index (χ4n) is 3.49. The van der Waals surface area contributed by atoms with E-state index in [0.717, 1.165) is 11.1 Å². The second kappa shape index (κ2) is 6.99. The summed E-state index contributed by atoms with van der Waals surface area (Å²) in [6.45, 7) is 0. The Kier molecular flexibility index (Phi) is 4.06. The molecule has 0 aliphatic rings. The Hall–Kier alpha value is -3.94. The molecule has 0 atom stereocenters. The van der Waals surface area contributed by atoms with Crippen LogP contribution in [0.1, 0.15) is 23.5 Å². The van der Waals surface area contributed by atoms with Crippen LogP contribution in [0.5, 0.6) is 0 Å². The Balaban J connectivity index is 1.54. The minimum absolute atomic E-state index is 0.0426. The molecule has 0 bridgehead atoms. The van der Waals surface area contributed by atoms with Crippen molar-refractivity contribution in [2.24, 2.45) is 0 Å².